The Bertz CT molecular complexity index is 1140. The number of esters is 1. The Morgan fingerprint density at radius 3 is 2.56 bits per heavy atom. The van der Waals surface area contributed by atoms with E-state index < -0.39 is 0 Å². The number of aromatic nitrogens is 2. The van der Waals surface area contributed by atoms with Gasteiger partial charge in [0.25, 0.3) is 0 Å². The average Bonchev–Trinajstić information content (AvgIpc) is 3.32. The molecule has 6 rings (SSSR count). The van der Waals surface area contributed by atoms with Crippen molar-refractivity contribution in [3.8, 4) is 5.69 Å². The van der Waals surface area contributed by atoms with E-state index in [0.717, 1.165) is 44.2 Å². The molecule has 0 N–H and O–H groups in total. The molecule has 3 saturated carbocycles. The zero-order valence-electron chi connectivity index (χ0n) is 21.0. The van der Waals surface area contributed by atoms with Crippen LogP contribution in [-0.4, -0.2) is 22.4 Å². The summed E-state index contributed by atoms with van der Waals surface area (Å²) in [5.41, 5.74) is 3.65. The molecule has 0 aliphatic heterocycles. The van der Waals surface area contributed by atoms with E-state index in [0.29, 0.717) is 18.4 Å². The smallest absolute Gasteiger partial charge is 0.312 e. The van der Waals surface area contributed by atoms with Crippen molar-refractivity contribution in [3.63, 3.8) is 0 Å². The molecular weight excluding hydrogens is 427 g/mol. The first kappa shape index (κ1) is 22.3. The van der Waals surface area contributed by atoms with Crippen molar-refractivity contribution in [1.82, 2.24) is 9.78 Å². The summed E-state index contributed by atoms with van der Waals surface area (Å²) in [6.45, 7) is 9.46. The van der Waals surface area contributed by atoms with Crippen molar-refractivity contribution in [2.24, 2.45) is 22.7 Å². The molecule has 5 heteroatoms. The van der Waals surface area contributed by atoms with E-state index in [1.54, 1.807) is 0 Å². The first-order valence-corrected chi connectivity index (χ1v) is 13.2. The molecule has 2 bridgehead atoms. The third kappa shape index (κ3) is 2.70. The fraction of sp³-hybridized carbons (Fsp3) is 0.655. The van der Waals surface area contributed by atoms with Crippen LogP contribution in [0.5, 0.6) is 0 Å². The van der Waals surface area contributed by atoms with Gasteiger partial charge in [0.05, 0.1) is 29.6 Å². The maximum atomic E-state index is 13.6. The quantitative estimate of drug-likeness (QED) is 0.488. The number of benzene rings is 1. The summed E-state index contributed by atoms with van der Waals surface area (Å²) < 4.78 is 21.3. The molecule has 4 aliphatic rings. The van der Waals surface area contributed by atoms with Crippen molar-refractivity contribution in [1.29, 1.82) is 0 Å². The molecule has 0 amide bonds. The van der Waals surface area contributed by atoms with Gasteiger partial charge in [-0.05, 0) is 100 Å². The van der Waals surface area contributed by atoms with E-state index in [9.17, 15) is 9.18 Å². The summed E-state index contributed by atoms with van der Waals surface area (Å²) in [5.74, 6) is 0.708. The van der Waals surface area contributed by atoms with E-state index in [1.807, 2.05) is 19.1 Å². The Morgan fingerprint density at radius 1 is 1.09 bits per heavy atom. The summed E-state index contributed by atoms with van der Waals surface area (Å²) in [7, 11) is 0. The van der Waals surface area contributed by atoms with Crippen LogP contribution < -0.4 is 0 Å². The highest BCUT2D eigenvalue weighted by Crippen LogP contribution is 2.73. The third-order valence-electron chi connectivity index (χ3n) is 10.7. The molecule has 3 fully saturated rings. The van der Waals surface area contributed by atoms with Crippen molar-refractivity contribution in [2.45, 2.75) is 89.9 Å². The van der Waals surface area contributed by atoms with E-state index in [1.165, 1.54) is 36.2 Å². The number of carbonyl (C=O) groups is 1. The highest BCUT2D eigenvalue weighted by Gasteiger charge is 2.68. The summed E-state index contributed by atoms with van der Waals surface area (Å²) in [6.07, 6.45) is 11.0. The zero-order chi connectivity index (χ0) is 23.9. The van der Waals surface area contributed by atoms with Gasteiger partial charge in [0.15, 0.2) is 0 Å². The highest BCUT2D eigenvalue weighted by molar-refractivity contribution is 5.77. The molecule has 0 unspecified atom stereocenters. The molecule has 6 atom stereocenters. The van der Waals surface area contributed by atoms with Crippen LogP contribution >= 0.6 is 0 Å². The largest absolute Gasteiger partial charge is 0.466 e. The summed E-state index contributed by atoms with van der Waals surface area (Å²) in [5, 5.41) is 4.88. The van der Waals surface area contributed by atoms with Crippen molar-refractivity contribution in [3.05, 3.63) is 47.5 Å². The minimum atomic E-state index is -0.384. The lowest BCUT2D eigenvalue weighted by Gasteiger charge is -2.64. The van der Waals surface area contributed by atoms with Gasteiger partial charge >= 0.3 is 5.97 Å². The maximum absolute atomic E-state index is 13.6. The third-order valence-corrected chi connectivity index (χ3v) is 10.7. The average molecular weight is 465 g/mol. The van der Waals surface area contributed by atoms with Crippen LogP contribution in [0.4, 0.5) is 4.39 Å². The van der Waals surface area contributed by atoms with Crippen molar-refractivity contribution >= 4 is 5.97 Å². The molecule has 4 nitrogen and oxygen atoms in total. The molecule has 1 spiro atoms. The Kier molecular flexibility index (Phi) is 4.71. The molecule has 1 aromatic heterocycles. The predicted molar refractivity (Wildman–Crippen MR) is 129 cm³/mol. The fourth-order valence-corrected chi connectivity index (χ4v) is 9.48. The molecule has 4 aliphatic carbocycles. The first-order chi connectivity index (χ1) is 16.2. The van der Waals surface area contributed by atoms with Gasteiger partial charge in [-0.15, -0.1) is 0 Å². The minimum absolute atomic E-state index is 0.0127. The number of nitrogens with zero attached hydrogens (tertiary/aromatic N) is 2. The Hall–Kier alpha value is -2.17. The van der Waals surface area contributed by atoms with Crippen LogP contribution in [0.2, 0.25) is 0 Å². The van der Waals surface area contributed by atoms with Crippen molar-refractivity contribution < 1.29 is 13.9 Å². The van der Waals surface area contributed by atoms with Gasteiger partial charge in [0.1, 0.15) is 5.82 Å². The van der Waals surface area contributed by atoms with E-state index in [2.05, 4.69) is 31.6 Å². The molecular formula is C29H37FN2O2. The maximum Gasteiger partial charge on any atom is 0.312 e. The van der Waals surface area contributed by atoms with Gasteiger partial charge in [-0.1, -0.05) is 20.3 Å². The number of hydrogen-bond acceptors (Lipinski definition) is 3. The van der Waals surface area contributed by atoms with Crippen LogP contribution in [0.15, 0.2) is 30.5 Å². The summed E-state index contributed by atoms with van der Waals surface area (Å²) in [6, 6.07) is 6.73. The minimum Gasteiger partial charge on any atom is -0.466 e. The van der Waals surface area contributed by atoms with Crippen LogP contribution in [0.3, 0.4) is 0 Å². The molecule has 182 valence electrons. The number of fused-ring (bicyclic) bond motifs is 5. The standard InChI is InChI=1S/C29H37FN2O2/c1-5-34-25(33)28(4)14-6-13-27(3)22(28)12-16-29-18-26(2,15-11-23(27)29)24-21(29)17-31-32(24)20-9-7-19(30)8-10-20/h7-10,17,22-23H,5-6,11-16,18H2,1-4H3/t22-,23-,26-,27+,28+,29+/m0/s1. The van der Waals surface area contributed by atoms with Gasteiger partial charge in [0.2, 0.25) is 0 Å². The summed E-state index contributed by atoms with van der Waals surface area (Å²) in [4.78, 5) is 13.2. The molecule has 1 aromatic carbocycles. The van der Waals surface area contributed by atoms with Crippen LogP contribution in [0.1, 0.15) is 90.3 Å². The second-order valence-corrected chi connectivity index (χ2v) is 12.4. The number of rotatable bonds is 3. The van der Waals surface area contributed by atoms with Gasteiger partial charge in [-0.2, -0.15) is 5.10 Å². The first-order valence-electron chi connectivity index (χ1n) is 13.2. The Morgan fingerprint density at radius 2 is 1.82 bits per heavy atom. The van der Waals surface area contributed by atoms with E-state index in [4.69, 9.17) is 9.84 Å². The van der Waals surface area contributed by atoms with Gasteiger partial charge in [0, 0.05) is 16.4 Å². The Labute approximate surface area is 202 Å². The lowest BCUT2D eigenvalue weighted by Crippen LogP contribution is -2.60. The normalized spacial score (nSPS) is 40.3. The molecule has 0 radical (unpaired) electrons. The molecule has 34 heavy (non-hydrogen) atoms. The van der Waals surface area contributed by atoms with Gasteiger partial charge in [-0.25, -0.2) is 9.07 Å². The van der Waals surface area contributed by atoms with Crippen LogP contribution in [0, 0.1) is 28.5 Å². The molecule has 2 aromatic rings. The second-order valence-electron chi connectivity index (χ2n) is 12.4. The van der Waals surface area contributed by atoms with E-state index >= 15 is 0 Å². The monoisotopic (exact) mass is 464 g/mol. The molecule has 0 saturated heterocycles. The van der Waals surface area contributed by atoms with Crippen molar-refractivity contribution in [2.75, 3.05) is 6.61 Å². The number of ether oxygens (including phenoxy) is 1. The number of hydrogen-bond donors (Lipinski definition) is 0. The predicted octanol–water partition coefficient (Wildman–Crippen LogP) is 6.49. The number of carbonyl (C=O) groups excluding carboxylic acids is 1. The topological polar surface area (TPSA) is 44.1 Å². The van der Waals surface area contributed by atoms with E-state index in [-0.39, 0.29) is 33.4 Å². The fourth-order valence-electron chi connectivity index (χ4n) is 9.48. The van der Waals surface area contributed by atoms with Crippen LogP contribution in [0.25, 0.3) is 5.69 Å². The van der Waals surface area contributed by atoms with Gasteiger partial charge < -0.3 is 4.74 Å². The van der Waals surface area contributed by atoms with Gasteiger partial charge in [-0.3, -0.25) is 4.79 Å². The zero-order valence-corrected chi connectivity index (χ0v) is 21.0. The SMILES string of the molecule is CCOC(=O)[C@]1(C)CCC[C@@]2(C)[C@@H]3CC[C@@]4(C)C[C@]3(CC[C@@H]21)c1cnn(-c2ccc(F)cc2)c14. The number of halogens is 1. The highest BCUT2D eigenvalue weighted by atomic mass is 19.1. The lowest BCUT2D eigenvalue weighted by molar-refractivity contribution is -0.180. The summed E-state index contributed by atoms with van der Waals surface area (Å²) >= 11 is 0. The molecule has 1 heterocycles. The second kappa shape index (κ2) is 7.18. The van der Waals surface area contributed by atoms with Crippen LogP contribution in [-0.2, 0) is 20.4 Å². The lowest BCUT2D eigenvalue weighted by atomic mass is 9.40. The Balaban J connectivity index is 1.44.